The molecule has 0 saturated heterocycles. The third kappa shape index (κ3) is 3.73. The van der Waals surface area contributed by atoms with Crippen molar-refractivity contribution in [1.29, 1.82) is 0 Å². The van der Waals surface area contributed by atoms with E-state index < -0.39 is 0 Å². The second kappa shape index (κ2) is 5.99. The zero-order valence-electron chi connectivity index (χ0n) is 8.56. The fourth-order valence-corrected chi connectivity index (χ4v) is 3.17. The molecule has 78 valence electrons. The van der Waals surface area contributed by atoms with Gasteiger partial charge in [0, 0.05) is 10.6 Å². The molecule has 1 aromatic heterocycles. The van der Waals surface area contributed by atoms with E-state index >= 15 is 0 Å². The summed E-state index contributed by atoms with van der Waals surface area (Å²) < 4.78 is 0. The number of thiophene rings is 1. The van der Waals surface area contributed by atoms with E-state index in [0.717, 1.165) is 5.75 Å². The molecule has 2 aromatic rings. The summed E-state index contributed by atoms with van der Waals surface area (Å²) in [5.41, 5.74) is 1.42. The van der Waals surface area contributed by atoms with E-state index in [-0.39, 0.29) is 0 Å². The highest BCUT2D eigenvalue weighted by Crippen LogP contribution is 2.16. The molecule has 1 heterocycles. The van der Waals surface area contributed by atoms with Gasteiger partial charge >= 0.3 is 0 Å². The highest BCUT2D eigenvalue weighted by atomic mass is 32.2. The first-order chi connectivity index (χ1) is 7.45. The Morgan fingerprint density at radius 1 is 1.00 bits per heavy atom. The van der Waals surface area contributed by atoms with Crippen molar-refractivity contribution in [2.45, 2.75) is 12.2 Å². The van der Waals surface area contributed by atoms with E-state index in [1.807, 2.05) is 23.1 Å². The van der Waals surface area contributed by atoms with Crippen molar-refractivity contribution in [2.24, 2.45) is 0 Å². The first kappa shape index (κ1) is 10.8. The summed E-state index contributed by atoms with van der Waals surface area (Å²) in [4.78, 5) is 1.50. The molecule has 0 spiro atoms. The molecule has 0 amide bonds. The molecule has 15 heavy (non-hydrogen) atoms. The molecule has 2 rings (SSSR count). The SMILES string of the molecule is c1ccc(CSCCc2cccs2)cc1. The molecule has 0 aliphatic carbocycles. The largest absolute Gasteiger partial charge is 0.157 e. The van der Waals surface area contributed by atoms with Crippen LogP contribution in [0.15, 0.2) is 47.8 Å². The lowest BCUT2D eigenvalue weighted by Gasteiger charge is -2.00. The Bertz CT molecular complexity index is 365. The average Bonchev–Trinajstić information content (AvgIpc) is 2.79. The maximum absolute atomic E-state index is 2.22. The smallest absolute Gasteiger partial charge is 0.0184 e. The van der Waals surface area contributed by atoms with Crippen LogP contribution in [0.1, 0.15) is 10.4 Å². The highest BCUT2D eigenvalue weighted by Gasteiger charge is 1.95. The quantitative estimate of drug-likeness (QED) is 0.698. The Morgan fingerprint density at radius 3 is 2.60 bits per heavy atom. The molecule has 0 bridgehead atoms. The average molecular weight is 234 g/mol. The van der Waals surface area contributed by atoms with E-state index in [4.69, 9.17) is 0 Å². The van der Waals surface area contributed by atoms with Crippen LogP contribution in [0.2, 0.25) is 0 Å². The minimum Gasteiger partial charge on any atom is -0.157 e. The van der Waals surface area contributed by atoms with Gasteiger partial charge in [-0.1, -0.05) is 36.4 Å². The molecule has 0 atom stereocenters. The van der Waals surface area contributed by atoms with Gasteiger partial charge in [0.25, 0.3) is 0 Å². The van der Waals surface area contributed by atoms with E-state index in [2.05, 4.69) is 47.8 Å². The summed E-state index contributed by atoms with van der Waals surface area (Å²) in [6.07, 6.45) is 1.20. The van der Waals surface area contributed by atoms with Gasteiger partial charge in [-0.05, 0) is 29.2 Å². The van der Waals surface area contributed by atoms with E-state index in [1.54, 1.807) is 0 Å². The van der Waals surface area contributed by atoms with Crippen molar-refractivity contribution in [3.63, 3.8) is 0 Å². The lowest BCUT2D eigenvalue weighted by atomic mass is 10.2. The van der Waals surface area contributed by atoms with Gasteiger partial charge in [-0.25, -0.2) is 0 Å². The second-order valence-corrected chi connectivity index (χ2v) is 5.50. The minimum absolute atomic E-state index is 1.13. The van der Waals surface area contributed by atoms with Gasteiger partial charge in [0.1, 0.15) is 0 Å². The summed E-state index contributed by atoms with van der Waals surface area (Å²) in [6, 6.07) is 15.0. The van der Waals surface area contributed by atoms with Crippen LogP contribution in [0.25, 0.3) is 0 Å². The van der Waals surface area contributed by atoms with Gasteiger partial charge in [-0.3, -0.25) is 0 Å². The first-order valence-corrected chi connectivity index (χ1v) is 7.12. The van der Waals surface area contributed by atoms with Gasteiger partial charge in [0.05, 0.1) is 0 Å². The summed E-state index contributed by atoms with van der Waals surface area (Å²) in [5.74, 6) is 2.35. The normalized spacial score (nSPS) is 10.4. The highest BCUT2D eigenvalue weighted by molar-refractivity contribution is 7.98. The molecule has 0 nitrogen and oxygen atoms in total. The van der Waals surface area contributed by atoms with Gasteiger partial charge in [-0.15, -0.1) is 11.3 Å². The molecule has 0 fully saturated rings. The van der Waals surface area contributed by atoms with Crippen molar-refractivity contribution in [3.8, 4) is 0 Å². The van der Waals surface area contributed by atoms with Gasteiger partial charge in [0.2, 0.25) is 0 Å². The van der Waals surface area contributed by atoms with Crippen LogP contribution in [0.4, 0.5) is 0 Å². The van der Waals surface area contributed by atoms with Gasteiger partial charge in [-0.2, -0.15) is 11.8 Å². The van der Waals surface area contributed by atoms with Crippen LogP contribution in [0, 0.1) is 0 Å². The molecule has 0 aliphatic rings. The molecule has 0 saturated carbocycles. The Balaban J connectivity index is 1.68. The summed E-state index contributed by atoms with van der Waals surface area (Å²) in [7, 11) is 0. The Hall–Kier alpha value is -0.730. The predicted octanol–water partition coefficient (Wildman–Crippen LogP) is 4.22. The van der Waals surface area contributed by atoms with E-state index in [9.17, 15) is 0 Å². The molecular formula is C13H14S2. The molecule has 0 unspecified atom stereocenters. The van der Waals surface area contributed by atoms with E-state index in [1.165, 1.54) is 22.6 Å². The van der Waals surface area contributed by atoms with Gasteiger partial charge in [0.15, 0.2) is 0 Å². The van der Waals surface area contributed by atoms with Crippen LogP contribution in [-0.2, 0) is 12.2 Å². The topological polar surface area (TPSA) is 0 Å². The first-order valence-electron chi connectivity index (χ1n) is 5.09. The fourth-order valence-electron chi connectivity index (χ4n) is 1.39. The summed E-state index contributed by atoms with van der Waals surface area (Å²) in [6.45, 7) is 0. The summed E-state index contributed by atoms with van der Waals surface area (Å²) in [5, 5.41) is 2.15. The maximum Gasteiger partial charge on any atom is 0.0184 e. The van der Waals surface area contributed by atoms with Crippen LogP contribution >= 0.6 is 23.1 Å². The zero-order valence-corrected chi connectivity index (χ0v) is 10.2. The van der Waals surface area contributed by atoms with Crippen LogP contribution in [-0.4, -0.2) is 5.75 Å². The Morgan fingerprint density at radius 2 is 1.87 bits per heavy atom. The van der Waals surface area contributed by atoms with Crippen molar-refractivity contribution < 1.29 is 0 Å². The standard InChI is InChI=1S/C13H14S2/c1-2-5-12(6-3-1)11-14-10-8-13-7-4-9-15-13/h1-7,9H,8,10-11H2. The van der Waals surface area contributed by atoms with Crippen molar-refractivity contribution in [3.05, 3.63) is 58.3 Å². The van der Waals surface area contributed by atoms with E-state index in [0.29, 0.717) is 0 Å². The Labute approximate surface area is 99.3 Å². The number of rotatable bonds is 5. The fraction of sp³-hybridized carbons (Fsp3) is 0.231. The number of benzene rings is 1. The van der Waals surface area contributed by atoms with Crippen LogP contribution in [0.5, 0.6) is 0 Å². The van der Waals surface area contributed by atoms with Crippen molar-refractivity contribution in [1.82, 2.24) is 0 Å². The van der Waals surface area contributed by atoms with Crippen LogP contribution < -0.4 is 0 Å². The summed E-state index contributed by atoms with van der Waals surface area (Å²) >= 11 is 3.87. The lowest BCUT2D eigenvalue weighted by Crippen LogP contribution is -1.86. The lowest BCUT2D eigenvalue weighted by molar-refractivity contribution is 1.20. The molecule has 0 radical (unpaired) electrons. The molecule has 0 aliphatic heterocycles. The number of aryl methyl sites for hydroxylation is 1. The Kier molecular flexibility index (Phi) is 4.30. The maximum atomic E-state index is 2.22. The zero-order chi connectivity index (χ0) is 10.3. The van der Waals surface area contributed by atoms with Crippen LogP contribution in [0.3, 0.4) is 0 Å². The third-order valence-electron chi connectivity index (χ3n) is 2.18. The van der Waals surface area contributed by atoms with Crippen molar-refractivity contribution in [2.75, 3.05) is 5.75 Å². The minimum atomic E-state index is 1.13. The molecular weight excluding hydrogens is 220 g/mol. The monoisotopic (exact) mass is 234 g/mol. The number of hydrogen-bond donors (Lipinski definition) is 0. The van der Waals surface area contributed by atoms with Crippen molar-refractivity contribution >= 4 is 23.1 Å². The second-order valence-electron chi connectivity index (χ2n) is 3.37. The number of thioether (sulfide) groups is 1. The molecule has 1 aromatic carbocycles. The molecule has 2 heteroatoms. The molecule has 0 N–H and O–H groups in total. The van der Waals surface area contributed by atoms with Gasteiger partial charge < -0.3 is 0 Å². The predicted molar refractivity (Wildman–Crippen MR) is 70.6 cm³/mol. The third-order valence-corrected chi connectivity index (χ3v) is 4.15. The number of hydrogen-bond acceptors (Lipinski definition) is 2.